The molecule has 0 saturated heterocycles. The van der Waals surface area contributed by atoms with Crippen LogP contribution in [0.15, 0.2) is 12.1 Å². The minimum Gasteiger partial charge on any atom is -0.326 e. The number of amides is 1. The van der Waals surface area contributed by atoms with Gasteiger partial charge in [-0.1, -0.05) is 6.07 Å². The lowest BCUT2D eigenvalue weighted by Gasteiger charge is -2.10. The van der Waals surface area contributed by atoms with Crippen LogP contribution in [-0.2, 0) is 4.79 Å². The van der Waals surface area contributed by atoms with Crippen molar-refractivity contribution in [3.05, 3.63) is 35.7 Å². The van der Waals surface area contributed by atoms with E-state index in [4.69, 9.17) is 0 Å². The summed E-state index contributed by atoms with van der Waals surface area (Å²) in [6.45, 7) is 9.37. The molecule has 1 amide bonds. The summed E-state index contributed by atoms with van der Waals surface area (Å²) < 4.78 is 0. The van der Waals surface area contributed by atoms with Crippen molar-refractivity contribution in [2.75, 3.05) is 5.32 Å². The molecule has 0 aliphatic heterocycles. The predicted octanol–water partition coefficient (Wildman–Crippen LogP) is 2.38. The van der Waals surface area contributed by atoms with Crippen molar-refractivity contribution in [3.8, 4) is 0 Å². The van der Waals surface area contributed by atoms with Crippen LogP contribution in [0.3, 0.4) is 0 Å². The molecule has 0 heterocycles. The Morgan fingerprint density at radius 2 is 1.85 bits per heavy atom. The number of carbonyl (C=O) groups is 1. The lowest BCUT2D eigenvalue weighted by molar-refractivity contribution is -0.112. The molecule has 0 unspecified atom stereocenters. The monoisotopic (exact) mass is 176 g/mol. The summed E-state index contributed by atoms with van der Waals surface area (Å²) >= 11 is 0. The van der Waals surface area contributed by atoms with Crippen LogP contribution in [0.4, 0.5) is 5.69 Å². The molecule has 0 aromatic heterocycles. The maximum absolute atomic E-state index is 10.7. The van der Waals surface area contributed by atoms with E-state index >= 15 is 0 Å². The number of nitrogens with one attached hydrogen (secondary N) is 1. The Labute approximate surface area is 79.0 Å². The molecule has 0 fully saturated rings. The van der Waals surface area contributed by atoms with E-state index in [2.05, 4.69) is 19.2 Å². The average Bonchev–Trinajstić information content (AvgIpc) is 2.06. The first kappa shape index (κ1) is 9.78. The number of carbonyl (C=O) groups excluding carboxylic acids is 1. The summed E-state index contributed by atoms with van der Waals surface area (Å²) in [7, 11) is 0. The van der Waals surface area contributed by atoms with Crippen LogP contribution in [0.25, 0.3) is 0 Å². The summed E-state index contributed by atoms with van der Waals surface area (Å²) in [5.41, 5.74) is 4.41. The fourth-order valence-electron chi connectivity index (χ4n) is 1.24. The molecule has 1 aromatic carbocycles. The van der Waals surface area contributed by atoms with Gasteiger partial charge in [0.15, 0.2) is 0 Å². The Morgan fingerprint density at radius 3 is 2.38 bits per heavy atom. The fraction of sp³-hybridized carbons (Fsp3) is 0.273. The highest BCUT2D eigenvalue weighted by Crippen LogP contribution is 2.21. The number of benzene rings is 1. The zero-order chi connectivity index (χ0) is 10.0. The van der Waals surface area contributed by atoms with Crippen molar-refractivity contribution in [1.29, 1.82) is 0 Å². The quantitative estimate of drug-likeness (QED) is 0.699. The van der Waals surface area contributed by atoms with Crippen molar-refractivity contribution in [2.45, 2.75) is 20.8 Å². The second-order valence-corrected chi connectivity index (χ2v) is 3.23. The van der Waals surface area contributed by atoms with E-state index in [0.29, 0.717) is 0 Å². The van der Waals surface area contributed by atoms with E-state index in [1.807, 2.05) is 26.0 Å². The number of anilines is 1. The van der Waals surface area contributed by atoms with Crippen molar-refractivity contribution >= 4 is 11.6 Å². The maximum atomic E-state index is 10.7. The summed E-state index contributed by atoms with van der Waals surface area (Å²) in [5, 5.41) is 2.69. The van der Waals surface area contributed by atoms with Crippen LogP contribution in [-0.4, -0.2) is 5.91 Å². The molecule has 1 radical (unpaired) electrons. The first-order valence-corrected chi connectivity index (χ1v) is 4.22. The van der Waals surface area contributed by atoms with Gasteiger partial charge in [-0.05, 0) is 43.5 Å². The minimum absolute atomic E-state index is 0.272. The minimum atomic E-state index is -0.272. The molecule has 2 nitrogen and oxygen atoms in total. The standard InChI is InChI=1S/C11H14NO/c1-7-5-6-11(12-10(4)13)9(3)8(7)2/h5-6H,4H2,1-3H3,(H,12,13). The van der Waals surface area contributed by atoms with Crippen LogP contribution in [0.1, 0.15) is 16.7 Å². The highest BCUT2D eigenvalue weighted by atomic mass is 16.1. The molecule has 2 heteroatoms. The molecule has 0 spiro atoms. The lowest BCUT2D eigenvalue weighted by atomic mass is 10.0. The van der Waals surface area contributed by atoms with E-state index in [0.717, 1.165) is 11.3 Å². The Kier molecular flexibility index (Phi) is 2.71. The summed E-state index contributed by atoms with van der Waals surface area (Å²) in [5.74, 6) is -0.272. The Hall–Kier alpha value is -1.31. The Morgan fingerprint density at radius 1 is 1.23 bits per heavy atom. The summed E-state index contributed by atoms with van der Waals surface area (Å²) in [4.78, 5) is 10.7. The Bertz CT molecular complexity index is 342. The van der Waals surface area contributed by atoms with Gasteiger partial charge in [-0.2, -0.15) is 0 Å². The number of aryl methyl sites for hydroxylation is 1. The van der Waals surface area contributed by atoms with Gasteiger partial charge < -0.3 is 5.32 Å². The van der Waals surface area contributed by atoms with E-state index < -0.39 is 0 Å². The van der Waals surface area contributed by atoms with Crippen molar-refractivity contribution in [2.24, 2.45) is 0 Å². The van der Waals surface area contributed by atoms with Gasteiger partial charge in [-0.15, -0.1) is 0 Å². The molecule has 13 heavy (non-hydrogen) atoms. The van der Waals surface area contributed by atoms with Crippen LogP contribution >= 0.6 is 0 Å². The van der Waals surface area contributed by atoms with Crippen molar-refractivity contribution in [3.63, 3.8) is 0 Å². The molecule has 0 saturated carbocycles. The fourth-order valence-corrected chi connectivity index (χ4v) is 1.24. The average molecular weight is 176 g/mol. The van der Waals surface area contributed by atoms with Crippen molar-refractivity contribution < 1.29 is 4.79 Å². The first-order valence-electron chi connectivity index (χ1n) is 4.22. The van der Waals surface area contributed by atoms with Crippen LogP contribution in [0, 0.1) is 27.7 Å². The number of hydrogen-bond acceptors (Lipinski definition) is 1. The molecule has 69 valence electrons. The van der Waals surface area contributed by atoms with Gasteiger partial charge in [0.1, 0.15) is 0 Å². The molecule has 1 aromatic rings. The second-order valence-electron chi connectivity index (χ2n) is 3.23. The van der Waals surface area contributed by atoms with Gasteiger partial charge in [0.25, 0.3) is 0 Å². The van der Waals surface area contributed by atoms with E-state index in [-0.39, 0.29) is 5.91 Å². The molecule has 1 rings (SSSR count). The molecule has 0 aliphatic carbocycles. The highest BCUT2D eigenvalue weighted by Gasteiger charge is 2.03. The van der Waals surface area contributed by atoms with Gasteiger partial charge in [0.05, 0.1) is 0 Å². The largest absolute Gasteiger partial charge is 0.326 e. The number of hydrogen-bond donors (Lipinski definition) is 1. The highest BCUT2D eigenvalue weighted by molar-refractivity contribution is 5.94. The summed E-state index contributed by atoms with van der Waals surface area (Å²) in [6.07, 6.45) is 0. The van der Waals surface area contributed by atoms with E-state index in [1.165, 1.54) is 11.1 Å². The van der Waals surface area contributed by atoms with Crippen LogP contribution in [0.2, 0.25) is 0 Å². The molecule has 0 aliphatic rings. The van der Waals surface area contributed by atoms with Crippen LogP contribution < -0.4 is 5.32 Å². The maximum Gasteiger partial charge on any atom is 0.224 e. The third-order valence-electron chi connectivity index (χ3n) is 2.33. The predicted molar refractivity (Wildman–Crippen MR) is 54.6 cm³/mol. The second kappa shape index (κ2) is 3.60. The Balaban J connectivity index is 3.10. The SMILES string of the molecule is [CH2]C(=O)Nc1ccc(C)c(C)c1C. The zero-order valence-electron chi connectivity index (χ0n) is 8.27. The van der Waals surface area contributed by atoms with E-state index in [1.54, 1.807) is 0 Å². The number of rotatable bonds is 1. The topological polar surface area (TPSA) is 29.1 Å². The summed E-state index contributed by atoms with van der Waals surface area (Å²) in [6, 6.07) is 3.90. The van der Waals surface area contributed by atoms with Gasteiger partial charge in [-0.25, -0.2) is 0 Å². The van der Waals surface area contributed by atoms with Crippen LogP contribution in [0.5, 0.6) is 0 Å². The smallest absolute Gasteiger partial charge is 0.224 e. The molecular weight excluding hydrogens is 162 g/mol. The zero-order valence-corrected chi connectivity index (χ0v) is 8.27. The third-order valence-corrected chi connectivity index (χ3v) is 2.33. The van der Waals surface area contributed by atoms with Gasteiger partial charge in [0, 0.05) is 12.6 Å². The third kappa shape index (κ3) is 2.08. The van der Waals surface area contributed by atoms with Gasteiger partial charge >= 0.3 is 0 Å². The molecular formula is C11H14NO. The lowest BCUT2D eigenvalue weighted by Crippen LogP contribution is -2.08. The normalized spacial score (nSPS) is 9.85. The molecule has 0 bridgehead atoms. The first-order chi connectivity index (χ1) is 6.02. The van der Waals surface area contributed by atoms with Crippen molar-refractivity contribution in [1.82, 2.24) is 0 Å². The van der Waals surface area contributed by atoms with E-state index in [9.17, 15) is 4.79 Å². The molecule has 1 N–H and O–H groups in total. The van der Waals surface area contributed by atoms with Gasteiger partial charge in [0.2, 0.25) is 5.91 Å². The van der Waals surface area contributed by atoms with Gasteiger partial charge in [-0.3, -0.25) is 4.79 Å². The molecule has 0 atom stereocenters.